The first-order chi connectivity index (χ1) is 10.6. The second-order valence-electron chi connectivity index (χ2n) is 5.94. The second kappa shape index (κ2) is 6.17. The van der Waals surface area contributed by atoms with E-state index >= 15 is 0 Å². The standard InChI is InChI=1S/C19H21NOS/c1-12-7-6-9-16(13(12)2)14(3)20-19(21)18-11-15-8-4-5-10-17(15)22-18/h4-10,14,18H,11H2,1-3H3,(H,20,21). The lowest BCUT2D eigenvalue weighted by Crippen LogP contribution is -2.34. The molecule has 2 aromatic carbocycles. The molecule has 0 fully saturated rings. The monoisotopic (exact) mass is 311 g/mol. The van der Waals surface area contributed by atoms with Gasteiger partial charge in [-0.1, -0.05) is 36.4 Å². The van der Waals surface area contributed by atoms with E-state index in [9.17, 15) is 4.79 Å². The molecule has 0 saturated heterocycles. The number of fused-ring (bicyclic) bond motifs is 1. The van der Waals surface area contributed by atoms with Gasteiger partial charge in [-0.15, -0.1) is 11.8 Å². The molecule has 3 rings (SSSR count). The van der Waals surface area contributed by atoms with E-state index in [4.69, 9.17) is 0 Å². The Hall–Kier alpha value is -1.74. The molecule has 0 saturated carbocycles. The Bertz CT molecular complexity index is 685. The first-order valence-electron chi connectivity index (χ1n) is 7.67. The van der Waals surface area contributed by atoms with Gasteiger partial charge in [0.15, 0.2) is 0 Å². The minimum atomic E-state index is -0.00929. The maximum atomic E-state index is 12.6. The zero-order valence-corrected chi connectivity index (χ0v) is 14.0. The van der Waals surface area contributed by atoms with Crippen LogP contribution in [0.15, 0.2) is 47.4 Å². The number of nitrogens with one attached hydrogen (secondary N) is 1. The first-order valence-corrected chi connectivity index (χ1v) is 8.55. The van der Waals surface area contributed by atoms with Crippen LogP contribution in [-0.2, 0) is 11.2 Å². The molecule has 0 aromatic heterocycles. The smallest absolute Gasteiger partial charge is 0.234 e. The van der Waals surface area contributed by atoms with Gasteiger partial charge in [-0.05, 0) is 55.5 Å². The highest BCUT2D eigenvalue weighted by Crippen LogP contribution is 2.37. The Morgan fingerprint density at radius 2 is 1.95 bits per heavy atom. The van der Waals surface area contributed by atoms with Crippen LogP contribution in [0.3, 0.4) is 0 Å². The third-order valence-electron chi connectivity index (χ3n) is 4.41. The highest BCUT2D eigenvalue weighted by Gasteiger charge is 2.28. The minimum Gasteiger partial charge on any atom is -0.349 e. The predicted octanol–water partition coefficient (Wildman–Crippen LogP) is 4.20. The fourth-order valence-corrected chi connectivity index (χ4v) is 4.16. The normalized spacial score (nSPS) is 17.9. The predicted molar refractivity (Wildman–Crippen MR) is 92.3 cm³/mol. The number of hydrogen-bond acceptors (Lipinski definition) is 2. The first kappa shape index (κ1) is 15.2. The molecule has 1 amide bonds. The molecule has 1 aliphatic rings. The average Bonchev–Trinajstić information content (AvgIpc) is 2.94. The van der Waals surface area contributed by atoms with Gasteiger partial charge in [-0.25, -0.2) is 0 Å². The molecule has 2 atom stereocenters. The molecule has 2 unspecified atom stereocenters. The van der Waals surface area contributed by atoms with Crippen molar-refractivity contribution < 1.29 is 4.79 Å². The topological polar surface area (TPSA) is 29.1 Å². The van der Waals surface area contributed by atoms with Gasteiger partial charge in [0.05, 0.1) is 11.3 Å². The molecule has 0 spiro atoms. The second-order valence-corrected chi connectivity index (χ2v) is 7.18. The summed E-state index contributed by atoms with van der Waals surface area (Å²) in [6.07, 6.45) is 0.826. The summed E-state index contributed by atoms with van der Waals surface area (Å²) in [6, 6.07) is 14.6. The van der Waals surface area contributed by atoms with Crippen molar-refractivity contribution in [3.8, 4) is 0 Å². The summed E-state index contributed by atoms with van der Waals surface area (Å²) in [7, 11) is 0. The number of benzene rings is 2. The molecule has 0 bridgehead atoms. The lowest BCUT2D eigenvalue weighted by Gasteiger charge is -2.19. The highest BCUT2D eigenvalue weighted by molar-refractivity contribution is 8.01. The van der Waals surface area contributed by atoms with E-state index < -0.39 is 0 Å². The van der Waals surface area contributed by atoms with Gasteiger partial charge < -0.3 is 5.32 Å². The van der Waals surface area contributed by atoms with Gasteiger partial charge in [0.1, 0.15) is 0 Å². The summed E-state index contributed by atoms with van der Waals surface area (Å²) >= 11 is 1.68. The molecule has 0 radical (unpaired) electrons. The number of carbonyl (C=O) groups is 1. The SMILES string of the molecule is Cc1cccc(C(C)NC(=O)C2Cc3ccccc3S2)c1C. The lowest BCUT2D eigenvalue weighted by molar-refractivity contribution is -0.121. The van der Waals surface area contributed by atoms with Crippen molar-refractivity contribution in [1.82, 2.24) is 5.32 Å². The van der Waals surface area contributed by atoms with Crippen LogP contribution in [0.25, 0.3) is 0 Å². The Morgan fingerprint density at radius 3 is 2.73 bits per heavy atom. The quantitative estimate of drug-likeness (QED) is 0.920. The van der Waals surface area contributed by atoms with Crippen molar-refractivity contribution in [2.45, 2.75) is 43.4 Å². The Labute approximate surface area is 136 Å². The molecule has 0 aliphatic carbocycles. The number of thioether (sulfide) groups is 1. The zero-order valence-electron chi connectivity index (χ0n) is 13.2. The fraction of sp³-hybridized carbons (Fsp3) is 0.316. The number of hydrogen-bond donors (Lipinski definition) is 1. The summed E-state index contributed by atoms with van der Waals surface area (Å²) in [4.78, 5) is 13.8. The number of aryl methyl sites for hydroxylation is 1. The van der Waals surface area contributed by atoms with Gasteiger partial charge in [0.2, 0.25) is 5.91 Å². The molecular weight excluding hydrogens is 290 g/mol. The van der Waals surface area contributed by atoms with Crippen molar-refractivity contribution in [3.63, 3.8) is 0 Å². The summed E-state index contributed by atoms with van der Waals surface area (Å²) in [5.74, 6) is 0.134. The largest absolute Gasteiger partial charge is 0.349 e. The van der Waals surface area contributed by atoms with E-state index in [1.165, 1.54) is 27.1 Å². The van der Waals surface area contributed by atoms with Crippen molar-refractivity contribution in [2.24, 2.45) is 0 Å². The lowest BCUT2D eigenvalue weighted by atomic mass is 9.98. The molecule has 1 N–H and O–H groups in total. The average molecular weight is 311 g/mol. The third-order valence-corrected chi connectivity index (χ3v) is 5.73. The van der Waals surface area contributed by atoms with E-state index in [1.807, 2.05) is 12.1 Å². The summed E-state index contributed by atoms with van der Waals surface area (Å²) in [5.41, 5.74) is 5.01. The molecule has 1 aliphatic heterocycles. The van der Waals surface area contributed by atoms with Gasteiger partial charge in [-0.3, -0.25) is 4.79 Å². The fourth-order valence-electron chi connectivity index (χ4n) is 2.96. The molecular formula is C19H21NOS. The van der Waals surface area contributed by atoms with Crippen LogP contribution in [0.1, 0.15) is 35.2 Å². The van der Waals surface area contributed by atoms with E-state index in [2.05, 4.69) is 56.4 Å². The van der Waals surface area contributed by atoms with Gasteiger partial charge in [-0.2, -0.15) is 0 Å². The van der Waals surface area contributed by atoms with Gasteiger partial charge in [0.25, 0.3) is 0 Å². The van der Waals surface area contributed by atoms with Crippen LogP contribution >= 0.6 is 11.8 Å². The maximum Gasteiger partial charge on any atom is 0.234 e. The van der Waals surface area contributed by atoms with Crippen LogP contribution < -0.4 is 5.32 Å². The number of rotatable bonds is 3. The molecule has 2 nitrogen and oxygen atoms in total. The Balaban J connectivity index is 1.69. The van der Waals surface area contributed by atoms with Crippen LogP contribution in [0.5, 0.6) is 0 Å². The number of amides is 1. The Kier molecular flexibility index (Phi) is 4.25. The highest BCUT2D eigenvalue weighted by atomic mass is 32.2. The molecule has 3 heteroatoms. The van der Waals surface area contributed by atoms with Crippen LogP contribution in [0, 0.1) is 13.8 Å². The van der Waals surface area contributed by atoms with E-state index in [0.717, 1.165) is 6.42 Å². The summed E-state index contributed by atoms with van der Waals surface area (Å²) < 4.78 is 0. The molecule has 2 aromatic rings. The third kappa shape index (κ3) is 2.91. The van der Waals surface area contributed by atoms with Crippen LogP contribution in [-0.4, -0.2) is 11.2 Å². The summed E-state index contributed by atoms with van der Waals surface area (Å²) in [6.45, 7) is 6.29. The van der Waals surface area contributed by atoms with Crippen LogP contribution in [0.4, 0.5) is 0 Å². The molecule has 1 heterocycles. The van der Waals surface area contributed by atoms with E-state index in [1.54, 1.807) is 11.8 Å². The van der Waals surface area contributed by atoms with Crippen molar-refractivity contribution in [2.75, 3.05) is 0 Å². The number of carbonyl (C=O) groups excluding carboxylic acids is 1. The van der Waals surface area contributed by atoms with Crippen molar-refractivity contribution in [3.05, 3.63) is 64.7 Å². The zero-order chi connectivity index (χ0) is 15.7. The van der Waals surface area contributed by atoms with Crippen LogP contribution in [0.2, 0.25) is 0 Å². The minimum absolute atomic E-state index is 0.00929. The molecule has 22 heavy (non-hydrogen) atoms. The summed E-state index contributed by atoms with van der Waals surface area (Å²) in [5, 5.41) is 3.17. The van der Waals surface area contributed by atoms with E-state index in [0.29, 0.717) is 0 Å². The maximum absolute atomic E-state index is 12.6. The van der Waals surface area contributed by atoms with Crippen molar-refractivity contribution in [1.29, 1.82) is 0 Å². The van der Waals surface area contributed by atoms with Gasteiger partial charge >= 0.3 is 0 Å². The van der Waals surface area contributed by atoms with Crippen molar-refractivity contribution >= 4 is 17.7 Å². The molecule has 114 valence electrons. The van der Waals surface area contributed by atoms with Gasteiger partial charge in [0, 0.05) is 4.90 Å². The Morgan fingerprint density at radius 1 is 1.18 bits per heavy atom. The van der Waals surface area contributed by atoms with E-state index in [-0.39, 0.29) is 17.2 Å².